The first-order valence-electron chi connectivity index (χ1n) is 11.1. The normalized spacial score (nSPS) is 24.9. The number of aromatic nitrogens is 1. The standard InChI is InChI=1S/C26H27ClN2O6/c1-34-29-22(20-4-2-3-11-28-20)16-7-5-15(6-8-16)12-18-13-17(9-10-19(18)27)26-25(33)24(32)23(31)21(14-30)35-26/h2-11,13,21,23-26,30-33H,12,14H2,1H3/t21-,23-,24+,25-,26+/m1/s1. The number of benzene rings is 2. The van der Waals surface area contributed by atoms with E-state index in [1.165, 1.54) is 7.11 Å². The molecule has 8 nitrogen and oxygen atoms in total. The summed E-state index contributed by atoms with van der Waals surface area (Å²) in [6, 6.07) is 18.5. The average molecular weight is 499 g/mol. The first kappa shape index (κ1) is 25.2. The maximum atomic E-state index is 10.5. The number of oxime groups is 1. The van der Waals surface area contributed by atoms with Gasteiger partial charge in [-0.2, -0.15) is 0 Å². The Morgan fingerprint density at radius 2 is 1.80 bits per heavy atom. The molecule has 0 aliphatic carbocycles. The fourth-order valence-electron chi connectivity index (χ4n) is 4.13. The zero-order valence-corrected chi connectivity index (χ0v) is 19.8. The minimum absolute atomic E-state index is 0.485. The maximum Gasteiger partial charge on any atom is 0.135 e. The van der Waals surface area contributed by atoms with Crippen LogP contribution in [0.5, 0.6) is 0 Å². The van der Waals surface area contributed by atoms with Crippen molar-refractivity contribution in [1.82, 2.24) is 4.98 Å². The van der Waals surface area contributed by atoms with Crippen LogP contribution in [0.4, 0.5) is 0 Å². The van der Waals surface area contributed by atoms with E-state index in [1.54, 1.807) is 24.4 Å². The van der Waals surface area contributed by atoms with E-state index in [1.807, 2.05) is 42.5 Å². The van der Waals surface area contributed by atoms with Crippen LogP contribution >= 0.6 is 11.6 Å². The molecule has 1 fully saturated rings. The fourth-order valence-corrected chi connectivity index (χ4v) is 4.31. The number of hydrogen-bond acceptors (Lipinski definition) is 8. The number of pyridine rings is 1. The smallest absolute Gasteiger partial charge is 0.135 e. The van der Waals surface area contributed by atoms with Crippen LogP contribution in [0, 0.1) is 0 Å². The Labute approximate surface area is 208 Å². The molecule has 9 heteroatoms. The summed E-state index contributed by atoms with van der Waals surface area (Å²) in [5.74, 6) is 0. The number of hydrogen-bond donors (Lipinski definition) is 4. The van der Waals surface area contributed by atoms with E-state index in [0.717, 1.165) is 16.7 Å². The van der Waals surface area contributed by atoms with Crippen LogP contribution in [0.25, 0.3) is 0 Å². The molecule has 0 radical (unpaired) electrons. The van der Waals surface area contributed by atoms with E-state index in [0.29, 0.717) is 28.4 Å². The molecule has 1 aliphatic rings. The maximum absolute atomic E-state index is 10.5. The van der Waals surface area contributed by atoms with Gasteiger partial charge >= 0.3 is 0 Å². The minimum Gasteiger partial charge on any atom is -0.399 e. The molecule has 0 amide bonds. The quantitative estimate of drug-likeness (QED) is 0.291. The molecular weight excluding hydrogens is 472 g/mol. The van der Waals surface area contributed by atoms with Crippen molar-refractivity contribution in [3.05, 3.63) is 99.8 Å². The van der Waals surface area contributed by atoms with Gasteiger partial charge in [-0.1, -0.05) is 59.2 Å². The summed E-state index contributed by atoms with van der Waals surface area (Å²) in [6.07, 6.45) is -3.91. The lowest BCUT2D eigenvalue weighted by molar-refractivity contribution is -0.231. The van der Waals surface area contributed by atoms with Crippen LogP contribution in [-0.4, -0.2) is 69.3 Å². The minimum atomic E-state index is -1.44. The van der Waals surface area contributed by atoms with Gasteiger partial charge in [-0.25, -0.2) is 0 Å². The van der Waals surface area contributed by atoms with Gasteiger partial charge in [0, 0.05) is 16.8 Å². The van der Waals surface area contributed by atoms with Gasteiger partial charge in [-0.05, 0) is 41.3 Å². The van der Waals surface area contributed by atoms with E-state index < -0.39 is 37.1 Å². The van der Waals surface area contributed by atoms with E-state index in [2.05, 4.69) is 10.1 Å². The van der Waals surface area contributed by atoms with Crippen molar-refractivity contribution in [3.63, 3.8) is 0 Å². The van der Waals surface area contributed by atoms with Gasteiger partial charge in [0.25, 0.3) is 0 Å². The van der Waals surface area contributed by atoms with Gasteiger partial charge in [-0.3, -0.25) is 4.98 Å². The third kappa shape index (κ3) is 5.54. The largest absolute Gasteiger partial charge is 0.399 e. The predicted octanol–water partition coefficient (Wildman–Crippen LogP) is 2.24. The fraction of sp³-hybridized carbons (Fsp3) is 0.308. The van der Waals surface area contributed by atoms with Gasteiger partial charge in [0.2, 0.25) is 0 Å². The molecule has 0 saturated carbocycles. The molecule has 184 valence electrons. The molecule has 4 rings (SSSR count). The third-order valence-electron chi connectivity index (χ3n) is 6.00. The number of halogens is 1. The summed E-state index contributed by atoms with van der Waals surface area (Å²) in [5, 5.41) is 44.8. The second kappa shape index (κ2) is 11.3. The number of rotatable bonds is 7. The summed E-state index contributed by atoms with van der Waals surface area (Å²) in [4.78, 5) is 9.36. The van der Waals surface area contributed by atoms with E-state index in [-0.39, 0.29) is 0 Å². The molecule has 0 bridgehead atoms. The van der Waals surface area contributed by atoms with Crippen LogP contribution in [-0.2, 0) is 16.0 Å². The van der Waals surface area contributed by atoms with Crippen LogP contribution < -0.4 is 0 Å². The summed E-state index contributed by atoms with van der Waals surface area (Å²) in [7, 11) is 1.49. The van der Waals surface area contributed by atoms with Crippen molar-refractivity contribution in [1.29, 1.82) is 0 Å². The lowest BCUT2D eigenvalue weighted by Gasteiger charge is -2.40. The van der Waals surface area contributed by atoms with Gasteiger partial charge in [0.1, 0.15) is 43.3 Å². The van der Waals surface area contributed by atoms with Gasteiger partial charge in [-0.15, -0.1) is 0 Å². The third-order valence-corrected chi connectivity index (χ3v) is 6.37. The Kier molecular flexibility index (Phi) is 8.12. The van der Waals surface area contributed by atoms with Crippen molar-refractivity contribution >= 4 is 17.3 Å². The molecule has 2 heterocycles. The molecule has 0 unspecified atom stereocenters. The Hall–Kier alpha value is -2.85. The zero-order valence-electron chi connectivity index (χ0n) is 19.0. The number of nitrogens with zero attached hydrogens (tertiary/aromatic N) is 2. The van der Waals surface area contributed by atoms with Crippen molar-refractivity contribution in [2.24, 2.45) is 5.16 Å². The Balaban J connectivity index is 1.56. The van der Waals surface area contributed by atoms with E-state index >= 15 is 0 Å². The van der Waals surface area contributed by atoms with Gasteiger partial charge in [0.15, 0.2) is 0 Å². The lowest BCUT2D eigenvalue weighted by atomic mass is 9.90. The molecule has 2 aromatic carbocycles. The summed E-state index contributed by atoms with van der Waals surface area (Å²) in [6.45, 7) is -0.485. The zero-order chi connectivity index (χ0) is 24.9. The number of aliphatic hydroxyl groups excluding tert-OH is 4. The second-order valence-electron chi connectivity index (χ2n) is 8.31. The first-order valence-corrected chi connectivity index (χ1v) is 11.5. The van der Waals surface area contributed by atoms with E-state index in [4.69, 9.17) is 21.2 Å². The van der Waals surface area contributed by atoms with Crippen molar-refractivity contribution in [2.45, 2.75) is 36.9 Å². The Morgan fingerprint density at radius 1 is 1.03 bits per heavy atom. The highest BCUT2D eigenvalue weighted by Gasteiger charge is 2.44. The molecule has 4 N–H and O–H groups in total. The first-order chi connectivity index (χ1) is 16.9. The number of aliphatic hydroxyl groups is 4. The molecule has 1 aromatic heterocycles. The summed E-state index contributed by atoms with van der Waals surface area (Å²) in [5.41, 5.74) is 4.52. The average Bonchev–Trinajstić information content (AvgIpc) is 2.89. The molecule has 3 aromatic rings. The molecule has 5 atom stereocenters. The van der Waals surface area contributed by atoms with Crippen molar-refractivity contribution in [3.8, 4) is 0 Å². The van der Waals surface area contributed by atoms with Gasteiger partial charge in [0.05, 0.1) is 12.3 Å². The van der Waals surface area contributed by atoms with Crippen LogP contribution in [0.1, 0.15) is 34.1 Å². The summed E-state index contributed by atoms with van der Waals surface area (Å²) >= 11 is 6.46. The number of ether oxygens (including phenoxy) is 1. The topological polar surface area (TPSA) is 125 Å². The Bertz CT molecular complexity index is 1160. The monoisotopic (exact) mass is 498 g/mol. The van der Waals surface area contributed by atoms with Crippen molar-refractivity contribution in [2.75, 3.05) is 13.7 Å². The highest BCUT2D eigenvalue weighted by atomic mass is 35.5. The SMILES string of the molecule is CON=C(c1ccc(Cc2cc([C@@H]3O[C@H](CO)[C@@H](O)[C@H](O)[C@H]3O)ccc2Cl)cc1)c1ccccn1. The molecule has 1 aliphatic heterocycles. The highest BCUT2D eigenvalue weighted by Crippen LogP contribution is 2.34. The highest BCUT2D eigenvalue weighted by molar-refractivity contribution is 6.31. The Morgan fingerprint density at radius 3 is 2.46 bits per heavy atom. The molecular formula is C26H27ClN2O6. The molecule has 0 spiro atoms. The predicted molar refractivity (Wildman–Crippen MR) is 130 cm³/mol. The second-order valence-corrected chi connectivity index (χ2v) is 8.72. The van der Waals surface area contributed by atoms with Crippen LogP contribution in [0.15, 0.2) is 72.0 Å². The van der Waals surface area contributed by atoms with Crippen LogP contribution in [0.3, 0.4) is 0 Å². The van der Waals surface area contributed by atoms with Gasteiger partial charge < -0.3 is 30.0 Å². The summed E-state index contributed by atoms with van der Waals surface area (Å²) < 4.78 is 5.68. The van der Waals surface area contributed by atoms with Crippen LogP contribution in [0.2, 0.25) is 5.02 Å². The van der Waals surface area contributed by atoms with Crippen molar-refractivity contribution < 1.29 is 30.0 Å². The molecule has 35 heavy (non-hydrogen) atoms. The lowest BCUT2D eigenvalue weighted by Crippen LogP contribution is -2.55. The van der Waals surface area contributed by atoms with E-state index in [9.17, 15) is 20.4 Å². The molecule has 1 saturated heterocycles.